The minimum atomic E-state index is -0.567. The number of aromatic nitrogens is 1. The molecule has 146 valence electrons. The highest BCUT2D eigenvalue weighted by Gasteiger charge is 2.21. The molecule has 0 aliphatic carbocycles. The van der Waals surface area contributed by atoms with Gasteiger partial charge in [0.05, 0.1) is 5.56 Å². The standard InChI is InChI=1S/C27H22NO2/c29-27(25-14-8-3-9-15-25)30-26(17-16-22-10-4-1-5-11-22)28-20-18-24(19-21-28)23-12-6-2-7-13-23/h1-21,26H/q+1/b17-16+. The number of carbonyl (C=O) groups is 1. The smallest absolute Gasteiger partial charge is 0.343 e. The van der Waals surface area contributed by atoms with Crippen LogP contribution >= 0.6 is 0 Å². The molecule has 0 bridgehead atoms. The maximum atomic E-state index is 12.7. The number of benzene rings is 3. The number of ether oxygens (including phenoxy) is 1. The van der Waals surface area contributed by atoms with Gasteiger partial charge in [0, 0.05) is 18.2 Å². The van der Waals surface area contributed by atoms with Crippen LogP contribution in [0.4, 0.5) is 0 Å². The second-order valence-corrected chi connectivity index (χ2v) is 6.83. The summed E-state index contributed by atoms with van der Waals surface area (Å²) in [6.45, 7) is 0. The summed E-state index contributed by atoms with van der Waals surface area (Å²) in [5.74, 6) is -0.363. The summed E-state index contributed by atoms with van der Waals surface area (Å²) in [5.41, 5.74) is 3.81. The quantitative estimate of drug-likeness (QED) is 0.311. The largest absolute Gasteiger partial charge is 0.395 e. The Morgan fingerprint density at radius 1 is 0.700 bits per heavy atom. The zero-order valence-electron chi connectivity index (χ0n) is 16.5. The van der Waals surface area contributed by atoms with E-state index in [1.54, 1.807) is 12.1 Å². The molecular weight excluding hydrogens is 370 g/mol. The van der Waals surface area contributed by atoms with Crippen LogP contribution in [-0.4, -0.2) is 5.97 Å². The van der Waals surface area contributed by atoms with E-state index in [1.165, 1.54) is 0 Å². The Morgan fingerprint density at radius 3 is 1.87 bits per heavy atom. The van der Waals surface area contributed by atoms with Crippen LogP contribution in [0.5, 0.6) is 0 Å². The zero-order valence-corrected chi connectivity index (χ0v) is 16.5. The van der Waals surface area contributed by atoms with Gasteiger partial charge < -0.3 is 4.74 Å². The van der Waals surface area contributed by atoms with Gasteiger partial charge in [0.1, 0.15) is 0 Å². The van der Waals surface area contributed by atoms with E-state index in [1.807, 2.05) is 108 Å². The molecule has 4 aromatic rings. The number of hydrogen-bond acceptors (Lipinski definition) is 2. The Kier molecular flexibility index (Phi) is 6.11. The molecule has 1 unspecified atom stereocenters. The highest BCUT2D eigenvalue weighted by molar-refractivity contribution is 5.89. The highest BCUT2D eigenvalue weighted by atomic mass is 16.6. The summed E-state index contributed by atoms with van der Waals surface area (Å²) in [7, 11) is 0. The topological polar surface area (TPSA) is 30.2 Å². The lowest BCUT2D eigenvalue weighted by Crippen LogP contribution is -2.40. The maximum absolute atomic E-state index is 12.7. The molecule has 1 atom stereocenters. The molecule has 0 saturated heterocycles. The Balaban J connectivity index is 1.61. The fourth-order valence-corrected chi connectivity index (χ4v) is 3.14. The lowest BCUT2D eigenvalue weighted by molar-refractivity contribution is -0.744. The lowest BCUT2D eigenvalue weighted by atomic mass is 10.1. The van der Waals surface area contributed by atoms with E-state index in [0.29, 0.717) is 5.56 Å². The van der Waals surface area contributed by atoms with Crippen molar-refractivity contribution >= 4 is 12.0 Å². The molecule has 3 heteroatoms. The van der Waals surface area contributed by atoms with Crippen molar-refractivity contribution in [3.8, 4) is 11.1 Å². The van der Waals surface area contributed by atoms with E-state index in [4.69, 9.17) is 4.74 Å². The number of pyridine rings is 1. The van der Waals surface area contributed by atoms with Gasteiger partial charge in [0.15, 0.2) is 12.4 Å². The fraction of sp³-hybridized carbons (Fsp3) is 0.0370. The number of esters is 1. The second-order valence-electron chi connectivity index (χ2n) is 6.83. The lowest BCUT2D eigenvalue weighted by Gasteiger charge is -2.11. The van der Waals surface area contributed by atoms with Crippen molar-refractivity contribution < 1.29 is 14.1 Å². The van der Waals surface area contributed by atoms with E-state index in [9.17, 15) is 4.79 Å². The van der Waals surface area contributed by atoms with Gasteiger partial charge in [-0.25, -0.2) is 4.79 Å². The first-order chi connectivity index (χ1) is 14.8. The van der Waals surface area contributed by atoms with Crippen LogP contribution in [0, 0.1) is 0 Å². The number of nitrogens with zero attached hydrogens (tertiary/aromatic N) is 1. The molecule has 3 aromatic carbocycles. The van der Waals surface area contributed by atoms with Crippen molar-refractivity contribution in [2.24, 2.45) is 0 Å². The summed E-state index contributed by atoms with van der Waals surface area (Å²) in [4.78, 5) is 12.7. The molecule has 0 amide bonds. The third kappa shape index (κ3) is 4.89. The monoisotopic (exact) mass is 392 g/mol. The van der Waals surface area contributed by atoms with E-state index < -0.39 is 6.23 Å². The molecule has 3 nitrogen and oxygen atoms in total. The predicted molar refractivity (Wildman–Crippen MR) is 118 cm³/mol. The maximum Gasteiger partial charge on any atom is 0.343 e. The SMILES string of the molecule is O=C(OC(/C=C/c1ccccc1)[n+]1ccc(-c2ccccc2)cc1)c1ccccc1. The Bertz CT molecular complexity index is 1110. The molecule has 30 heavy (non-hydrogen) atoms. The van der Waals surface area contributed by atoms with Gasteiger partial charge >= 0.3 is 12.2 Å². The average Bonchev–Trinajstić information content (AvgIpc) is 2.83. The molecule has 1 heterocycles. The number of carbonyl (C=O) groups excluding carboxylic acids is 1. The molecule has 1 aromatic heterocycles. The van der Waals surface area contributed by atoms with E-state index in [-0.39, 0.29) is 5.97 Å². The molecule has 0 saturated carbocycles. The van der Waals surface area contributed by atoms with Crippen molar-refractivity contribution in [1.82, 2.24) is 0 Å². The third-order valence-corrected chi connectivity index (χ3v) is 4.74. The molecule has 0 aliphatic rings. The van der Waals surface area contributed by atoms with Gasteiger partial charge in [-0.05, 0) is 34.9 Å². The van der Waals surface area contributed by atoms with Gasteiger partial charge in [-0.2, -0.15) is 4.57 Å². The van der Waals surface area contributed by atoms with Crippen LogP contribution in [0.3, 0.4) is 0 Å². The summed E-state index contributed by atoms with van der Waals surface area (Å²) in [6.07, 6.45) is 7.14. The molecule has 0 N–H and O–H groups in total. The van der Waals surface area contributed by atoms with Gasteiger partial charge in [0.2, 0.25) is 0 Å². The minimum absolute atomic E-state index is 0.363. The number of rotatable bonds is 6. The first kappa shape index (κ1) is 19.3. The molecular formula is C27H22NO2+. The average molecular weight is 392 g/mol. The Hall–Kier alpha value is -3.98. The van der Waals surface area contributed by atoms with Crippen LogP contribution in [0.1, 0.15) is 22.1 Å². The minimum Gasteiger partial charge on any atom is -0.395 e. The Labute approximate surface area is 176 Å². The molecule has 0 fully saturated rings. The molecule has 0 spiro atoms. The van der Waals surface area contributed by atoms with Crippen molar-refractivity contribution in [3.63, 3.8) is 0 Å². The van der Waals surface area contributed by atoms with E-state index >= 15 is 0 Å². The van der Waals surface area contributed by atoms with Crippen LogP contribution in [0.25, 0.3) is 17.2 Å². The second kappa shape index (κ2) is 9.48. The highest BCUT2D eigenvalue weighted by Crippen LogP contribution is 2.18. The van der Waals surface area contributed by atoms with Crippen LogP contribution < -0.4 is 4.57 Å². The van der Waals surface area contributed by atoms with Crippen molar-refractivity contribution in [1.29, 1.82) is 0 Å². The van der Waals surface area contributed by atoms with E-state index in [0.717, 1.165) is 16.7 Å². The third-order valence-electron chi connectivity index (χ3n) is 4.74. The summed E-state index contributed by atoms with van der Waals surface area (Å²) in [6, 6.07) is 33.2. The molecule has 0 radical (unpaired) electrons. The molecule has 4 rings (SSSR count). The van der Waals surface area contributed by atoms with Crippen LogP contribution in [0.2, 0.25) is 0 Å². The number of hydrogen-bond donors (Lipinski definition) is 0. The van der Waals surface area contributed by atoms with Crippen LogP contribution in [0.15, 0.2) is 122 Å². The van der Waals surface area contributed by atoms with Crippen molar-refractivity contribution in [2.75, 3.05) is 0 Å². The summed E-state index contributed by atoms with van der Waals surface area (Å²) in [5, 5.41) is 0. The van der Waals surface area contributed by atoms with Gasteiger partial charge in [0.25, 0.3) is 0 Å². The first-order valence-corrected chi connectivity index (χ1v) is 9.85. The summed E-state index contributed by atoms with van der Waals surface area (Å²) >= 11 is 0. The van der Waals surface area contributed by atoms with Crippen molar-refractivity contribution in [2.45, 2.75) is 6.23 Å². The van der Waals surface area contributed by atoms with E-state index in [2.05, 4.69) is 12.1 Å². The first-order valence-electron chi connectivity index (χ1n) is 9.85. The fourth-order valence-electron chi connectivity index (χ4n) is 3.14. The normalized spacial score (nSPS) is 11.9. The predicted octanol–water partition coefficient (Wildman–Crippen LogP) is 5.71. The summed E-state index contributed by atoms with van der Waals surface area (Å²) < 4.78 is 7.71. The Morgan fingerprint density at radius 2 is 1.23 bits per heavy atom. The zero-order chi connectivity index (χ0) is 20.6. The van der Waals surface area contributed by atoms with Gasteiger partial charge in [-0.15, -0.1) is 0 Å². The van der Waals surface area contributed by atoms with Gasteiger partial charge in [-0.3, -0.25) is 0 Å². The van der Waals surface area contributed by atoms with Crippen LogP contribution in [-0.2, 0) is 4.74 Å². The van der Waals surface area contributed by atoms with Crippen molar-refractivity contribution in [3.05, 3.63) is 133 Å². The molecule has 0 aliphatic heterocycles. The van der Waals surface area contributed by atoms with Gasteiger partial charge in [-0.1, -0.05) is 78.9 Å².